The van der Waals surface area contributed by atoms with Crippen LogP contribution < -0.4 is 0 Å². The van der Waals surface area contributed by atoms with Crippen LogP contribution in [0.15, 0.2) is 26.7 Å². The summed E-state index contributed by atoms with van der Waals surface area (Å²) in [6.07, 6.45) is 3.34. The zero-order chi connectivity index (χ0) is 13.1. The average molecular weight is 359 g/mol. The number of hydrogen-bond acceptors (Lipinski definition) is 3. The summed E-state index contributed by atoms with van der Waals surface area (Å²) in [7, 11) is -1.85. The highest BCUT2D eigenvalue weighted by atomic mass is 79.9. The fourth-order valence-electron chi connectivity index (χ4n) is 1.19. The predicted octanol–water partition coefficient (Wildman–Crippen LogP) is 3.75. The van der Waals surface area contributed by atoms with Crippen molar-refractivity contribution in [2.24, 2.45) is 0 Å². The first kappa shape index (κ1) is 15.2. The van der Waals surface area contributed by atoms with E-state index < -0.39 is 10.0 Å². The van der Waals surface area contributed by atoms with Gasteiger partial charge in [-0.15, -0.1) is 17.9 Å². The molecule has 0 spiro atoms. The molecule has 96 valence electrons. The smallest absolute Gasteiger partial charge is 0.206 e. The van der Waals surface area contributed by atoms with Gasteiger partial charge in [0.25, 0.3) is 10.0 Å². The van der Waals surface area contributed by atoms with Gasteiger partial charge in [-0.2, -0.15) is 0 Å². The summed E-state index contributed by atoms with van der Waals surface area (Å²) in [6.45, 7) is 4.08. The Morgan fingerprint density at radius 2 is 2.29 bits per heavy atom. The van der Waals surface area contributed by atoms with Crippen LogP contribution in [0.25, 0.3) is 0 Å². The Labute approximate surface area is 119 Å². The zero-order valence-corrected chi connectivity index (χ0v) is 13.3. The minimum absolute atomic E-state index is 0.260. The summed E-state index contributed by atoms with van der Waals surface area (Å²) in [5, 5.41) is 0.424. The lowest BCUT2D eigenvalue weighted by Crippen LogP contribution is -2.27. The van der Waals surface area contributed by atoms with Crippen LogP contribution in [-0.4, -0.2) is 26.3 Å². The van der Waals surface area contributed by atoms with Crippen molar-refractivity contribution in [3.05, 3.63) is 27.5 Å². The van der Waals surface area contributed by atoms with Crippen molar-refractivity contribution in [3.8, 4) is 0 Å². The van der Waals surface area contributed by atoms with Crippen LogP contribution >= 0.6 is 38.9 Å². The van der Waals surface area contributed by atoms with Crippen molar-refractivity contribution < 1.29 is 8.42 Å². The van der Waals surface area contributed by atoms with Crippen molar-refractivity contribution in [2.75, 3.05) is 13.6 Å². The number of halogens is 2. The molecular weight excluding hydrogens is 346 g/mol. The highest BCUT2D eigenvalue weighted by molar-refractivity contribution is 9.11. The van der Waals surface area contributed by atoms with Crippen LogP contribution in [0.5, 0.6) is 0 Å². The molecule has 17 heavy (non-hydrogen) atoms. The molecule has 1 heterocycles. The molecule has 0 N–H and O–H groups in total. The Morgan fingerprint density at radius 3 is 2.76 bits per heavy atom. The van der Waals surface area contributed by atoms with E-state index in [0.717, 1.165) is 24.2 Å². The number of thiophene rings is 1. The first-order valence-corrected chi connectivity index (χ1v) is 8.34. The fourth-order valence-corrected chi connectivity index (χ4v) is 5.01. The van der Waals surface area contributed by atoms with Crippen molar-refractivity contribution in [1.82, 2.24) is 4.31 Å². The Hall–Kier alpha value is 0.120. The van der Waals surface area contributed by atoms with E-state index in [9.17, 15) is 8.42 Å². The topological polar surface area (TPSA) is 37.4 Å². The summed E-state index contributed by atoms with van der Waals surface area (Å²) in [5.41, 5.74) is 0. The molecule has 1 aromatic rings. The van der Waals surface area contributed by atoms with Crippen molar-refractivity contribution in [1.29, 1.82) is 0 Å². The van der Waals surface area contributed by atoms with Gasteiger partial charge in [-0.3, -0.25) is 0 Å². The van der Waals surface area contributed by atoms with E-state index in [1.165, 1.54) is 10.4 Å². The molecule has 1 rings (SSSR count). The van der Waals surface area contributed by atoms with Gasteiger partial charge >= 0.3 is 0 Å². The van der Waals surface area contributed by atoms with Gasteiger partial charge in [-0.05, 0) is 34.8 Å². The second-order valence-corrected chi connectivity index (χ2v) is 8.49. The van der Waals surface area contributed by atoms with Crippen LogP contribution in [0.4, 0.5) is 0 Å². The molecule has 7 heteroatoms. The fraction of sp³-hybridized carbons (Fsp3) is 0.400. The van der Waals surface area contributed by atoms with Gasteiger partial charge in [0.05, 0.1) is 8.81 Å². The molecule has 0 aliphatic heterocycles. The SMILES string of the molecule is C=CCCCN(C)S(=O)(=O)c1cc(Cl)c(Br)s1. The van der Waals surface area contributed by atoms with Crippen LogP contribution in [0.3, 0.4) is 0 Å². The Kier molecular flexibility index (Phi) is 5.66. The third-order valence-electron chi connectivity index (χ3n) is 2.17. The Balaban J connectivity index is 2.83. The van der Waals surface area contributed by atoms with E-state index in [2.05, 4.69) is 22.5 Å². The average Bonchev–Trinajstić information content (AvgIpc) is 2.60. The number of nitrogens with zero attached hydrogens (tertiary/aromatic N) is 1. The lowest BCUT2D eigenvalue weighted by atomic mass is 10.3. The van der Waals surface area contributed by atoms with Crippen LogP contribution in [0, 0.1) is 0 Å². The lowest BCUT2D eigenvalue weighted by Gasteiger charge is -2.15. The standard InChI is InChI=1S/C10H13BrClNO2S2/c1-3-4-5-6-13(2)17(14,15)9-7-8(12)10(11)16-9/h3,7H,1,4-6H2,2H3. The summed E-state index contributed by atoms with van der Waals surface area (Å²) < 4.78 is 26.5. The maximum atomic E-state index is 12.1. The second-order valence-electron chi connectivity index (χ2n) is 3.44. The van der Waals surface area contributed by atoms with Crippen molar-refractivity contribution in [3.63, 3.8) is 0 Å². The van der Waals surface area contributed by atoms with E-state index in [-0.39, 0.29) is 4.21 Å². The molecule has 1 aromatic heterocycles. The molecule has 3 nitrogen and oxygen atoms in total. The van der Waals surface area contributed by atoms with Crippen LogP contribution in [0.2, 0.25) is 5.02 Å². The number of hydrogen-bond donors (Lipinski definition) is 0. The van der Waals surface area contributed by atoms with Gasteiger partial charge in [0.2, 0.25) is 0 Å². The maximum absolute atomic E-state index is 12.1. The first-order valence-electron chi connectivity index (χ1n) is 4.91. The number of rotatable bonds is 6. The third kappa shape index (κ3) is 3.79. The molecule has 0 fully saturated rings. The molecule has 0 bridgehead atoms. The highest BCUT2D eigenvalue weighted by Crippen LogP contribution is 2.35. The quantitative estimate of drug-likeness (QED) is 0.573. The molecular formula is C10H13BrClNO2S2. The molecule has 0 saturated carbocycles. The number of unbranched alkanes of at least 4 members (excludes halogenated alkanes) is 1. The van der Waals surface area contributed by atoms with Gasteiger partial charge < -0.3 is 0 Å². The largest absolute Gasteiger partial charge is 0.252 e. The van der Waals surface area contributed by atoms with Gasteiger partial charge in [-0.25, -0.2) is 12.7 Å². The molecule has 0 saturated heterocycles. The van der Waals surface area contributed by atoms with E-state index in [1.807, 2.05) is 0 Å². The minimum Gasteiger partial charge on any atom is -0.206 e. The van der Waals surface area contributed by atoms with Crippen molar-refractivity contribution in [2.45, 2.75) is 17.1 Å². The van der Waals surface area contributed by atoms with Gasteiger partial charge in [0, 0.05) is 13.6 Å². The third-order valence-corrected chi connectivity index (χ3v) is 6.95. The van der Waals surface area contributed by atoms with Crippen LogP contribution in [0.1, 0.15) is 12.8 Å². The molecule has 0 aromatic carbocycles. The summed E-state index contributed by atoms with van der Waals surface area (Å²) in [5.74, 6) is 0. The summed E-state index contributed by atoms with van der Waals surface area (Å²) in [4.78, 5) is 0. The molecule has 0 amide bonds. The maximum Gasteiger partial charge on any atom is 0.252 e. The zero-order valence-electron chi connectivity index (χ0n) is 9.32. The monoisotopic (exact) mass is 357 g/mol. The van der Waals surface area contributed by atoms with Crippen molar-refractivity contribution >= 4 is 48.9 Å². The molecule has 0 radical (unpaired) electrons. The molecule has 0 aliphatic carbocycles. The lowest BCUT2D eigenvalue weighted by molar-refractivity contribution is 0.464. The van der Waals surface area contributed by atoms with E-state index in [1.54, 1.807) is 13.1 Å². The normalized spacial score (nSPS) is 12.0. The summed E-state index contributed by atoms with van der Waals surface area (Å²) >= 11 is 10.2. The number of allylic oxidation sites excluding steroid dienone is 1. The minimum atomic E-state index is -3.42. The Morgan fingerprint density at radius 1 is 1.65 bits per heavy atom. The van der Waals surface area contributed by atoms with Gasteiger partial charge in [0.15, 0.2) is 0 Å². The predicted molar refractivity (Wildman–Crippen MR) is 76.3 cm³/mol. The molecule has 0 unspecified atom stereocenters. The number of sulfonamides is 1. The first-order chi connectivity index (χ1) is 7.89. The second kappa shape index (κ2) is 6.33. The van der Waals surface area contributed by atoms with Gasteiger partial charge in [-0.1, -0.05) is 17.7 Å². The Bertz CT molecular complexity index is 479. The van der Waals surface area contributed by atoms with E-state index in [4.69, 9.17) is 11.6 Å². The highest BCUT2D eigenvalue weighted by Gasteiger charge is 2.23. The van der Waals surface area contributed by atoms with Crippen LogP contribution in [-0.2, 0) is 10.0 Å². The molecule has 0 aliphatic rings. The van der Waals surface area contributed by atoms with E-state index in [0.29, 0.717) is 15.4 Å². The van der Waals surface area contributed by atoms with E-state index >= 15 is 0 Å². The van der Waals surface area contributed by atoms with Gasteiger partial charge in [0.1, 0.15) is 4.21 Å². The molecule has 0 atom stereocenters. The summed E-state index contributed by atoms with van der Waals surface area (Å²) in [6, 6.07) is 1.47.